The Morgan fingerprint density at radius 3 is 2.31 bits per heavy atom. The van der Waals surface area contributed by atoms with Gasteiger partial charge in [0, 0.05) is 12.5 Å². The van der Waals surface area contributed by atoms with E-state index in [0.29, 0.717) is 17.6 Å². The maximum Gasteiger partial charge on any atom is 0.167 e. The zero-order valence-electron chi connectivity index (χ0n) is 10.8. The number of ketones is 1. The lowest BCUT2D eigenvalue weighted by Crippen LogP contribution is -2.41. The highest BCUT2D eigenvalue weighted by molar-refractivity contribution is 5.89. The summed E-state index contributed by atoms with van der Waals surface area (Å²) in [5.74, 6) is 2.02. The predicted octanol–water partition coefficient (Wildman–Crippen LogP) is 3.20. The van der Waals surface area contributed by atoms with Crippen molar-refractivity contribution in [3.05, 3.63) is 0 Å². The van der Waals surface area contributed by atoms with Gasteiger partial charge < -0.3 is 4.74 Å². The van der Waals surface area contributed by atoms with Crippen LogP contribution in [0.2, 0.25) is 0 Å². The second-order valence-electron chi connectivity index (χ2n) is 6.16. The van der Waals surface area contributed by atoms with Gasteiger partial charge in [0.1, 0.15) is 5.60 Å². The Morgan fingerprint density at radius 2 is 1.81 bits per heavy atom. The Morgan fingerprint density at radius 1 is 1.19 bits per heavy atom. The Balaban J connectivity index is 2.03. The minimum atomic E-state index is -0.457. The normalized spacial score (nSPS) is 44.6. The third-order valence-electron chi connectivity index (χ3n) is 4.29. The van der Waals surface area contributed by atoms with Crippen LogP contribution in [0.4, 0.5) is 0 Å². The molecule has 0 spiro atoms. The molecule has 16 heavy (non-hydrogen) atoms. The van der Waals surface area contributed by atoms with Crippen LogP contribution in [0, 0.1) is 17.8 Å². The molecule has 1 aliphatic carbocycles. The van der Waals surface area contributed by atoms with E-state index in [0.717, 1.165) is 32.3 Å². The molecule has 0 amide bonds. The molecule has 0 radical (unpaired) electrons. The second-order valence-corrected chi connectivity index (χ2v) is 6.16. The first-order valence-electron chi connectivity index (χ1n) is 6.69. The molecule has 1 heterocycles. The van der Waals surface area contributed by atoms with E-state index in [4.69, 9.17) is 4.74 Å². The molecule has 1 saturated carbocycles. The maximum atomic E-state index is 12.5. The number of hydrogen-bond donors (Lipinski definition) is 0. The first-order chi connectivity index (χ1) is 7.51. The van der Waals surface area contributed by atoms with E-state index in [1.807, 2.05) is 6.92 Å². The highest BCUT2D eigenvalue weighted by Gasteiger charge is 2.42. The highest BCUT2D eigenvalue weighted by Crippen LogP contribution is 2.38. The molecule has 3 unspecified atom stereocenters. The first kappa shape index (κ1) is 12.1. The summed E-state index contributed by atoms with van der Waals surface area (Å²) in [5, 5.41) is 0. The fourth-order valence-corrected chi connectivity index (χ4v) is 3.57. The average Bonchev–Trinajstić information content (AvgIpc) is 2.64. The Hall–Kier alpha value is -0.370. The van der Waals surface area contributed by atoms with E-state index >= 15 is 0 Å². The van der Waals surface area contributed by atoms with Crippen LogP contribution in [0.5, 0.6) is 0 Å². The van der Waals surface area contributed by atoms with Crippen LogP contribution in [0.1, 0.15) is 52.9 Å². The molecule has 0 N–H and O–H groups in total. The molecule has 2 fully saturated rings. The summed E-state index contributed by atoms with van der Waals surface area (Å²) < 4.78 is 5.68. The summed E-state index contributed by atoms with van der Waals surface area (Å²) in [4.78, 5) is 12.5. The summed E-state index contributed by atoms with van der Waals surface area (Å²) in [6.07, 6.45) is 5.39. The third kappa shape index (κ3) is 2.32. The van der Waals surface area contributed by atoms with Crippen molar-refractivity contribution >= 4 is 5.78 Å². The standard InChI is InChI=1S/C14H24O2/c1-10-7-11(2)9-12(8-10)13(15)14(3)5-4-6-16-14/h10-12H,4-9H2,1-3H3. The zero-order valence-corrected chi connectivity index (χ0v) is 10.8. The number of ether oxygens (including phenoxy) is 1. The van der Waals surface area contributed by atoms with E-state index in [-0.39, 0.29) is 5.92 Å². The Kier molecular flexibility index (Phi) is 3.39. The van der Waals surface area contributed by atoms with Crippen molar-refractivity contribution in [2.24, 2.45) is 17.8 Å². The Labute approximate surface area is 98.7 Å². The molecule has 92 valence electrons. The van der Waals surface area contributed by atoms with Crippen LogP contribution in [0.3, 0.4) is 0 Å². The molecule has 2 rings (SSSR count). The lowest BCUT2D eigenvalue weighted by atomic mass is 9.72. The molecule has 2 nitrogen and oxygen atoms in total. The van der Waals surface area contributed by atoms with Crippen LogP contribution in [-0.4, -0.2) is 18.0 Å². The fraction of sp³-hybridized carbons (Fsp3) is 0.929. The SMILES string of the molecule is CC1CC(C)CC(C(=O)C2(C)CCCO2)C1. The van der Waals surface area contributed by atoms with Crippen LogP contribution < -0.4 is 0 Å². The van der Waals surface area contributed by atoms with Gasteiger partial charge in [-0.15, -0.1) is 0 Å². The molecule has 1 saturated heterocycles. The number of rotatable bonds is 2. The second kappa shape index (κ2) is 4.48. The number of carbonyl (C=O) groups is 1. The Bertz CT molecular complexity index is 256. The van der Waals surface area contributed by atoms with Gasteiger partial charge in [-0.3, -0.25) is 4.79 Å². The zero-order chi connectivity index (χ0) is 11.8. The van der Waals surface area contributed by atoms with Gasteiger partial charge in [0.15, 0.2) is 5.78 Å². The van der Waals surface area contributed by atoms with Gasteiger partial charge in [0.2, 0.25) is 0 Å². The average molecular weight is 224 g/mol. The molecular weight excluding hydrogens is 200 g/mol. The molecule has 2 heteroatoms. The monoisotopic (exact) mass is 224 g/mol. The maximum absolute atomic E-state index is 12.5. The van der Waals surface area contributed by atoms with Crippen LogP contribution in [0.15, 0.2) is 0 Å². The fourth-order valence-electron chi connectivity index (χ4n) is 3.57. The molecule has 0 aromatic carbocycles. The van der Waals surface area contributed by atoms with Crippen molar-refractivity contribution in [3.8, 4) is 0 Å². The van der Waals surface area contributed by atoms with E-state index in [9.17, 15) is 4.79 Å². The van der Waals surface area contributed by atoms with Gasteiger partial charge in [-0.25, -0.2) is 0 Å². The van der Waals surface area contributed by atoms with Gasteiger partial charge in [-0.2, -0.15) is 0 Å². The summed E-state index contributed by atoms with van der Waals surface area (Å²) in [6, 6.07) is 0. The number of hydrogen-bond acceptors (Lipinski definition) is 2. The van der Waals surface area contributed by atoms with Crippen molar-refractivity contribution in [2.45, 2.75) is 58.5 Å². The molecule has 1 aliphatic heterocycles. The van der Waals surface area contributed by atoms with E-state index in [1.165, 1.54) is 6.42 Å². The van der Waals surface area contributed by atoms with Crippen molar-refractivity contribution in [1.82, 2.24) is 0 Å². The third-order valence-corrected chi connectivity index (χ3v) is 4.29. The summed E-state index contributed by atoms with van der Waals surface area (Å²) in [7, 11) is 0. The number of carbonyl (C=O) groups excluding carboxylic acids is 1. The summed E-state index contributed by atoms with van der Waals surface area (Å²) >= 11 is 0. The van der Waals surface area contributed by atoms with Gasteiger partial charge in [0.25, 0.3) is 0 Å². The molecule has 0 aromatic rings. The molecular formula is C14H24O2. The summed E-state index contributed by atoms with van der Waals surface area (Å²) in [6.45, 7) is 7.30. The summed E-state index contributed by atoms with van der Waals surface area (Å²) in [5.41, 5.74) is -0.457. The van der Waals surface area contributed by atoms with Crippen molar-refractivity contribution in [3.63, 3.8) is 0 Å². The van der Waals surface area contributed by atoms with Crippen molar-refractivity contribution in [2.75, 3.05) is 6.61 Å². The number of Topliss-reactive ketones (excluding diaryl/α,β-unsaturated/α-hetero) is 1. The minimum absolute atomic E-state index is 0.252. The molecule has 2 aliphatic rings. The van der Waals surface area contributed by atoms with E-state index in [1.54, 1.807) is 0 Å². The highest BCUT2D eigenvalue weighted by atomic mass is 16.5. The smallest absolute Gasteiger partial charge is 0.167 e. The van der Waals surface area contributed by atoms with Gasteiger partial charge in [0.05, 0.1) is 0 Å². The van der Waals surface area contributed by atoms with Crippen LogP contribution >= 0.6 is 0 Å². The largest absolute Gasteiger partial charge is 0.367 e. The molecule has 3 atom stereocenters. The lowest BCUT2D eigenvalue weighted by Gasteiger charge is -2.34. The molecule has 0 bridgehead atoms. The van der Waals surface area contributed by atoms with E-state index in [2.05, 4.69) is 13.8 Å². The molecule has 0 aromatic heterocycles. The lowest BCUT2D eigenvalue weighted by molar-refractivity contribution is -0.143. The van der Waals surface area contributed by atoms with Crippen molar-refractivity contribution in [1.29, 1.82) is 0 Å². The van der Waals surface area contributed by atoms with Gasteiger partial charge >= 0.3 is 0 Å². The van der Waals surface area contributed by atoms with Crippen molar-refractivity contribution < 1.29 is 9.53 Å². The quantitative estimate of drug-likeness (QED) is 0.720. The minimum Gasteiger partial charge on any atom is -0.367 e. The van der Waals surface area contributed by atoms with Gasteiger partial charge in [-0.1, -0.05) is 13.8 Å². The predicted molar refractivity (Wildman–Crippen MR) is 64.3 cm³/mol. The topological polar surface area (TPSA) is 26.3 Å². The van der Waals surface area contributed by atoms with Crippen LogP contribution in [-0.2, 0) is 9.53 Å². The van der Waals surface area contributed by atoms with Gasteiger partial charge in [-0.05, 0) is 50.9 Å². The first-order valence-corrected chi connectivity index (χ1v) is 6.69. The van der Waals surface area contributed by atoms with Crippen LogP contribution in [0.25, 0.3) is 0 Å². The van der Waals surface area contributed by atoms with E-state index < -0.39 is 5.60 Å².